The minimum atomic E-state index is -4.39. The molecule has 1 nitrogen and oxygen atoms in total. The zero-order chi connectivity index (χ0) is 15.6. The Bertz CT molecular complexity index is 623. The molecule has 0 radical (unpaired) electrons. The molecule has 112 valence electrons. The van der Waals surface area contributed by atoms with Crippen LogP contribution >= 0.6 is 11.6 Å². The number of halogens is 5. The smallest absolute Gasteiger partial charge is 0.388 e. The van der Waals surface area contributed by atoms with Crippen molar-refractivity contribution in [2.75, 3.05) is 0 Å². The summed E-state index contributed by atoms with van der Waals surface area (Å²) in [4.78, 5) is 0. The van der Waals surface area contributed by atoms with Crippen molar-refractivity contribution in [3.63, 3.8) is 0 Å². The Kier molecular flexibility index (Phi) is 4.54. The Morgan fingerprint density at radius 2 is 1.67 bits per heavy atom. The van der Waals surface area contributed by atoms with Crippen molar-refractivity contribution >= 4 is 11.6 Å². The summed E-state index contributed by atoms with van der Waals surface area (Å²) in [5.74, 6) is -0.523. The molecule has 1 unspecified atom stereocenters. The van der Waals surface area contributed by atoms with Gasteiger partial charge in [0.1, 0.15) is 5.82 Å². The number of hydrogen-bond donors (Lipinski definition) is 1. The molecule has 0 saturated heterocycles. The van der Waals surface area contributed by atoms with Crippen LogP contribution in [0.4, 0.5) is 17.6 Å². The fraction of sp³-hybridized carbons (Fsp3) is 0.200. The van der Waals surface area contributed by atoms with E-state index in [9.17, 15) is 22.7 Å². The van der Waals surface area contributed by atoms with Crippen LogP contribution in [0.3, 0.4) is 0 Å². The molecule has 0 amide bonds. The Labute approximate surface area is 123 Å². The molecule has 0 spiro atoms. The topological polar surface area (TPSA) is 20.2 Å². The largest absolute Gasteiger partial charge is 0.416 e. The van der Waals surface area contributed by atoms with Crippen molar-refractivity contribution in [1.82, 2.24) is 0 Å². The van der Waals surface area contributed by atoms with E-state index in [1.807, 2.05) is 0 Å². The highest BCUT2D eigenvalue weighted by Crippen LogP contribution is 2.30. The maximum absolute atomic E-state index is 12.9. The summed E-state index contributed by atoms with van der Waals surface area (Å²) in [6.07, 6.45) is -5.32. The van der Waals surface area contributed by atoms with E-state index in [4.69, 9.17) is 11.6 Å². The lowest BCUT2D eigenvalue weighted by atomic mass is 10.0. The minimum absolute atomic E-state index is 0.0782. The van der Waals surface area contributed by atoms with Crippen molar-refractivity contribution in [3.05, 3.63) is 70.0 Å². The van der Waals surface area contributed by atoms with Gasteiger partial charge in [-0.15, -0.1) is 0 Å². The third kappa shape index (κ3) is 3.95. The first-order chi connectivity index (χ1) is 9.77. The summed E-state index contributed by atoms with van der Waals surface area (Å²) in [6, 6.07) is 8.09. The summed E-state index contributed by atoms with van der Waals surface area (Å²) < 4.78 is 50.2. The molecule has 0 aromatic heterocycles. The van der Waals surface area contributed by atoms with Gasteiger partial charge >= 0.3 is 6.18 Å². The summed E-state index contributed by atoms with van der Waals surface area (Å²) in [7, 11) is 0. The molecule has 6 heteroatoms. The predicted molar refractivity (Wildman–Crippen MR) is 71.5 cm³/mol. The first-order valence-electron chi connectivity index (χ1n) is 6.06. The first-order valence-corrected chi connectivity index (χ1v) is 6.44. The van der Waals surface area contributed by atoms with E-state index in [0.717, 1.165) is 24.3 Å². The molecule has 0 heterocycles. The summed E-state index contributed by atoms with van der Waals surface area (Å²) in [6.45, 7) is 0. The third-order valence-corrected chi connectivity index (χ3v) is 3.36. The van der Waals surface area contributed by atoms with E-state index < -0.39 is 23.7 Å². The van der Waals surface area contributed by atoms with Crippen molar-refractivity contribution in [1.29, 1.82) is 0 Å². The molecule has 2 aromatic rings. The van der Waals surface area contributed by atoms with E-state index >= 15 is 0 Å². The molecule has 0 saturated carbocycles. The SMILES string of the molecule is OC(Cc1ccc(C(F)(F)F)cc1)c1ccc(F)cc1Cl. The molecule has 2 aromatic carbocycles. The van der Waals surface area contributed by atoms with Crippen LogP contribution in [0.15, 0.2) is 42.5 Å². The number of alkyl halides is 3. The van der Waals surface area contributed by atoms with Gasteiger partial charge in [-0.25, -0.2) is 4.39 Å². The third-order valence-electron chi connectivity index (χ3n) is 3.03. The molecular weight excluding hydrogens is 308 g/mol. The fourth-order valence-electron chi connectivity index (χ4n) is 1.93. The molecule has 0 fully saturated rings. The number of benzene rings is 2. The van der Waals surface area contributed by atoms with E-state index in [-0.39, 0.29) is 11.4 Å². The Balaban J connectivity index is 2.14. The van der Waals surface area contributed by atoms with Crippen LogP contribution in [0.25, 0.3) is 0 Å². The average Bonchev–Trinajstić information content (AvgIpc) is 2.38. The van der Waals surface area contributed by atoms with Crippen LogP contribution in [0, 0.1) is 5.82 Å². The second-order valence-corrected chi connectivity index (χ2v) is 4.99. The monoisotopic (exact) mass is 318 g/mol. The van der Waals surface area contributed by atoms with Crippen molar-refractivity contribution in [3.8, 4) is 0 Å². The van der Waals surface area contributed by atoms with E-state index in [2.05, 4.69) is 0 Å². The molecule has 0 aliphatic heterocycles. The van der Waals surface area contributed by atoms with Crippen LogP contribution < -0.4 is 0 Å². The summed E-state index contributed by atoms with van der Waals surface area (Å²) in [5, 5.41) is 10.1. The standard InChI is InChI=1S/C15H11ClF4O/c16-13-8-11(17)5-6-12(13)14(21)7-9-1-3-10(4-2-9)15(18,19)20/h1-6,8,14,21H,7H2. The van der Waals surface area contributed by atoms with E-state index in [0.29, 0.717) is 11.1 Å². The Hall–Kier alpha value is -1.59. The van der Waals surface area contributed by atoms with Crippen molar-refractivity contribution in [2.45, 2.75) is 18.7 Å². The molecule has 0 aliphatic carbocycles. The van der Waals surface area contributed by atoms with Gasteiger partial charge in [0.05, 0.1) is 11.7 Å². The first kappa shape index (κ1) is 15.8. The molecule has 2 rings (SSSR count). The highest BCUT2D eigenvalue weighted by atomic mass is 35.5. The fourth-order valence-corrected chi connectivity index (χ4v) is 2.23. The number of aliphatic hydroxyl groups is 1. The molecule has 0 aliphatic rings. The molecule has 21 heavy (non-hydrogen) atoms. The highest BCUT2D eigenvalue weighted by molar-refractivity contribution is 6.31. The Morgan fingerprint density at radius 1 is 1.05 bits per heavy atom. The molecule has 0 bridgehead atoms. The zero-order valence-corrected chi connectivity index (χ0v) is 11.4. The van der Waals surface area contributed by atoms with Crippen LogP contribution in [0.2, 0.25) is 5.02 Å². The van der Waals surface area contributed by atoms with Crippen LogP contribution in [0.5, 0.6) is 0 Å². The maximum Gasteiger partial charge on any atom is 0.416 e. The normalized spacial score (nSPS) is 13.2. The van der Waals surface area contributed by atoms with Crippen LogP contribution in [-0.4, -0.2) is 5.11 Å². The zero-order valence-electron chi connectivity index (χ0n) is 10.7. The molecule has 1 N–H and O–H groups in total. The number of aliphatic hydroxyl groups excluding tert-OH is 1. The van der Waals surface area contributed by atoms with Gasteiger partial charge in [0.25, 0.3) is 0 Å². The quantitative estimate of drug-likeness (QED) is 0.808. The van der Waals surface area contributed by atoms with Crippen LogP contribution in [-0.2, 0) is 12.6 Å². The van der Waals surface area contributed by atoms with Gasteiger partial charge in [-0.1, -0.05) is 29.8 Å². The van der Waals surface area contributed by atoms with Crippen LogP contribution in [0.1, 0.15) is 22.8 Å². The highest BCUT2D eigenvalue weighted by Gasteiger charge is 2.30. The predicted octanol–water partition coefficient (Wildman–Crippen LogP) is 4.77. The van der Waals surface area contributed by atoms with Gasteiger partial charge < -0.3 is 5.11 Å². The van der Waals surface area contributed by atoms with Crippen molar-refractivity contribution < 1.29 is 22.7 Å². The van der Waals surface area contributed by atoms with Gasteiger partial charge in [-0.3, -0.25) is 0 Å². The molecular formula is C15H11ClF4O. The van der Waals surface area contributed by atoms with E-state index in [1.54, 1.807) is 0 Å². The molecule has 1 atom stereocenters. The summed E-state index contributed by atoms with van der Waals surface area (Å²) in [5.41, 5.74) is 0.106. The van der Waals surface area contributed by atoms with Gasteiger partial charge in [0, 0.05) is 11.4 Å². The second kappa shape index (κ2) is 6.03. The lowest BCUT2D eigenvalue weighted by molar-refractivity contribution is -0.137. The number of hydrogen-bond acceptors (Lipinski definition) is 1. The average molecular weight is 319 g/mol. The van der Waals surface area contributed by atoms with E-state index in [1.165, 1.54) is 18.2 Å². The second-order valence-electron chi connectivity index (χ2n) is 4.58. The van der Waals surface area contributed by atoms with Gasteiger partial charge in [0.2, 0.25) is 0 Å². The lowest BCUT2D eigenvalue weighted by Gasteiger charge is -2.13. The van der Waals surface area contributed by atoms with Crippen molar-refractivity contribution in [2.24, 2.45) is 0 Å². The maximum atomic E-state index is 12.9. The number of rotatable bonds is 3. The lowest BCUT2D eigenvalue weighted by Crippen LogP contribution is -2.06. The minimum Gasteiger partial charge on any atom is -0.388 e. The summed E-state index contributed by atoms with van der Waals surface area (Å²) >= 11 is 5.83. The van der Waals surface area contributed by atoms with Gasteiger partial charge in [-0.2, -0.15) is 13.2 Å². The van der Waals surface area contributed by atoms with Gasteiger partial charge in [-0.05, 0) is 35.4 Å². The Morgan fingerprint density at radius 3 is 2.19 bits per heavy atom. The van der Waals surface area contributed by atoms with Gasteiger partial charge in [0.15, 0.2) is 0 Å².